The van der Waals surface area contributed by atoms with Gasteiger partial charge in [-0.25, -0.2) is 4.39 Å². The van der Waals surface area contributed by atoms with Crippen LogP contribution in [0.3, 0.4) is 0 Å². The van der Waals surface area contributed by atoms with Crippen LogP contribution in [0, 0.1) is 0 Å². The van der Waals surface area contributed by atoms with E-state index in [1.54, 1.807) is 6.92 Å². The fourth-order valence-corrected chi connectivity index (χ4v) is 0.749. The van der Waals surface area contributed by atoms with Gasteiger partial charge in [0.15, 0.2) is 6.17 Å². The van der Waals surface area contributed by atoms with E-state index in [1.165, 1.54) is 0 Å². The zero-order chi connectivity index (χ0) is 11.9. The van der Waals surface area contributed by atoms with Gasteiger partial charge < -0.3 is 4.74 Å². The van der Waals surface area contributed by atoms with Crippen LogP contribution in [0.15, 0.2) is 12.3 Å². The second kappa shape index (κ2) is 6.42. The molecule has 0 saturated carbocycles. The quantitative estimate of drug-likeness (QED) is 0.380. The number of carbonyl (C=O) groups is 1. The van der Waals surface area contributed by atoms with E-state index in [0.29, 0.717) is 6.08 Å². The highest BCUT2D eigenvalue weighted by molar-refractivity contribution is 5.95. The van der Waals surface area contributed by atoms with Gasteiger partial charge in [-0.3, -0.25) is 9.18 Å². The number of hydrogen-bond acceptors (Lipinski definition) is 2. The molecule has 0 radical (unpaired) electrons. The lowest BCUT2D eigenvalue weighted by molar-refractivity contribution is -0.148. The lowest BCUT2D eigenvalue weighted by atomic mass is 10.1. The first-order valence-corrected chi connectivity index (χ1v) is 4.37. The number of ether oxygens (including phenoxy) is 1. The van der Waals surface area contributed by atoms with Crippen LogP contribution < -0.4 is 0 Å². The van der Waals surface area contributed by atoms with Crippen molar-refractivity contribution in [2.75, 3.05) is 13.3 Å². The summed E-state index contributed by atoms with van der Waals surface area (Å²) >= 11 is 0. The molecule has 0 heterocycles. The summed E-state index contributed by atoms with van der Waals surface area (Å²) in [7, 11) is 0. The highest BCUT2D eigenvalue weighted by atomic mass is 19.3. The molecule has 0 aromatic rings. The van der Waals surface area contributed by atoms with Crippen LogP contribution in [0.1, 0.15) is 13.3 Å². The summed E-state index contributed by atoms with van der Waals surface area (Å²) < 4.78 is 54.4. The Morgan fingerprint density at radius 2 is 2.13 bits per heavy atom. The predicted octanol–water partition coefficient (Wildman–Crippen LogP) is 2.44. The van der Waals surface area contributed by atoms with Gasteiger partial charge in [0, 0.05) is 12.5 Å². The summed E-state index contributed by atoms with van der Waals surface area (Å²) in [6.07, 6.45) is -2.60. The zero-order valence-corrected chi connectivity index (χ0v) is 8.18. The molecule has 0 saturated heterocycles. The number of allylic oxidation sites excluding steroid dienone is 1. The van der Waals surface area contributed by atoms with E-state index < -0.39 is 31.0 Å². The Morgan fingerprint density at radius 3 is 2.60 bits per heavy atom. The summed E-state index contributed by atoms with van der Waals surface area (Å²) in [5.74, 6) is -5.92. The van der Waals surface area contributed by atoms with Crippen molar-refractivity contribution in [2.24, 2.45) is 0 Å². The lowest BCUT2D eigenvalue weighted by Gasteiger charge is -2.16. The van der Waals surface area contributed by atoms with E-state index in [1.807, 2.05) is 0 Å². The average molecular weight is 228 g/mol. The monoisotopic (exact) mass is 228 g/mol. The third-order valence-electron chi connectivity index (χ3n) is 1.57. The highest BCUT2D eigenvalue weighted by Gasteiger charge is 2.46. The van der Waals surface area contributed by atoms with Crippen LogP contribution in [0.25, 0.3) is 0 Å². The van der Waals surface area contributed by atoms with Crippen molar-refractivity contribution >= 4 is 5.78 Å². The molecule has 0 aliphatic heterocycles. The molecule has 1 atom stereocenters. The van der Waals surface area contributed by atoms with Crippen molar-refractivity contribution in [2.45, 2.75) is 25.4 Å². The van der Waals surface area contributed by atoms with Crippen molar-refractivity contribution in [3.63, 3.8) is 0 Å². The molecule has 0 rings (SSSR count). The van der Waals surface area contributed by atoms with E-state index in [0.717, 1.165) is 6.26 Å². The molecule has 0 amide bonds. The molecule has 0 aliphatic carbocycles. The first-order valence-electron chi connectivity index (χ1n) is 4.37. The van der Waals surface area contributed by atoms with Crippen LogP contribution in [0.4, 0.5) is 17.6 Å². The number of ketones is 1. The third kappa shape index (κ3) is 4.31. The van der Waals surface area contributed by atoms with Crippen molar-refractivity contribution in [3.05, 3.63) is 12.3 Å². The van der Waals surface area contributed by atoms with Crippen LogP contribution in [0.5, 0.6) is 0 Å². The second-order valence-corrected chi connectivity index (χ2v) is 2.69. The second-order valence-electron chi connectivity index (χ2n) is 2.69. The van der Waals surface area contributed by atoms with E-state index in [4.69, 9.17) is 0 Å². The Hall–Kier alpha value is -1.07. The van der Waals surface area contributed by atoms with Gasteiger partial charge in [0.1, 0.15) is 0 Å². The first-order chi connectivity index (χ1) is 6.96. The molecule has 15 heavy (non-hydrogen) atoms. The van der Waals surface area contributed by atoms with Gasteiger partial charge in [-0.2, -0.15) is 8.78 Å². The maximum Gasteiger partial charge on any atom is 0.339 e. The summed E-state index contributed by atoms with van der Waals surface area (Å²) in [5.41, 5.74) is 0. The molecule has 0 aromatic heterocycles. The predicted molar refractivity (Wildman–Crippen MR) is 46.2 cm³/mol. The van der Waals surface area contributed by atoms with Gasteiger partial charge in [0.2, 0.25) is 5.78 Å². The van der Waals surface area contributed by atoms with Crippen molar-refractivity contribution < 1.29 is 27.1 Å². The van der Waals surface area contributed by atoms with Gasteiger partial charge in [-0.1, -0.05) is 0 Å². The highest BCUT2D eigenvalue weighted by Crippen LogP contribution is 2.25. The van der Waals surface area contributed by atoms with Crippen molar-refractivity contribution in [1.82, 2.24) is 0 Å². The maximum atomic E-state index is 12.8. The number of carbonyl (C=O) groups excluding carboxylic acids is 1. The minimum Gasteiger partial charge on any atom is -0.501 e. The van der Waals surface area contributed by atoms with Gasteiger partial charge in [-0.15, -0.1) is 0 Å². The molecule has 0 aromatic carbocycles. The Balaban J connectivity index is 4.37. The Morgan fingerprint density at radius 1 is 1.53 bits per heavy atom. The van der Waals surface area contributed by atoms with Crippen LogP contribution in [-0.2, 0) is 9.53 Å². The smallest absolute Gasteiger partial charge is 0.339 e. The summed E-state index contributed by atoms with van der Waals surface area (Å²) in [5, 5.41) is 0. The molecule has 2 nitrogen and oxygen atoms in total. The SMILES string of the molecule is CCO/C=C/C(=O)C(F)(F)C(F)CCF. The number of halogens is 4. The summed E-state index contributed by atoms with van der Waals surface area (Å²) in [6.45, 7) is 0.562. The topological polar surface area (TPSA) is 26.3 Å². The van der Waals surface area contributed by atoms with Crippen LogP contribution in [0.2, 0.25) is 0 Å². The van der Waals surface area contributed by atoms with Gasteiger partial charge >= 0.3 is 5.92 Å². The van der Waals surface area contributed by atoms with E-state index in [9.17, 15) is 22.4 Å². The molecular weight excluding hydrogens is 216 g/mol. The fourth-order valence-electron chi connectivity index (χ4n) is 0.749. The average Bonchev–Trinajstić information content (AvgIpc) is 2.18. The van der Waals surface area contributed by atoms with Gasteiger partial charge in [0.05, 0.1) is 19.5 Å². The van der Waals surface area contributed by atoms with Gasteiger partial charge in [-0.05, 0) is 6.92 Å². The Bertz CT molecular complexity index is 228. The molecule has 0 aliphatic rings. The molecule has 1 unspecified atom stereocenters. The van der Waals surface area contributed by atoms with Crippen LogP contribution in [-0.4, -0.2) is 31.2 Å². The molecule has 0 N–H and O–H groups in total. The third-order valence-corrected chi connectivity index (χ3v) is 1.57. The Labute approximate surface area is 84.9 Å². The van der Waals surface area contributed by atoms with E-state index in [-0.39, 0.29) is 6.61 Å². The number of rotatable bonds is 7. The Kier molecular flexibility index (Phi) is 5.96. The lowest BCUT2D eigenvalue weighted by Crippen LogP contribution is -2.38. The normalized spacial score (nSPS) is 14.2. The fraction of sp³-hybridized carbons (Fsp3) is 0.667. The largest absolute Gasteiger partial charge is 0.501 e. The minimum atomic E-state index is -4.19. The first kappa shape index (κ1) is 13.9. The zero-order valence-electron chi connectivity index (χ0n) is 8.18. The molecular formula is C9H12F4O2. The van der Waals surface area contributed by atoms with Crippen molar-refractivity contribution in [3.8, 4) is 0 Å². The van der Waals surface area contributed by atoms with Crippen LogP contribution >= 0.6 is 0 Å². The summed E-state index contributed by atoms with van der Waals surface area (Å²) in [6, 6.07) is 0. The van der Waals surface area contributed by atoms with E-state index in [2.05, 4.69) is 4.74 Å². The summed E-state index contributed by atoms with van der Waals surface area (Å²) in [4.78, 5) is 10.8. The number of hydrogen-bond donors (Lipinski definition) is 0. The van der Waals surface area contributed by atoms with E-state index >= 15 is 0 Å². The van der Waals surface area contributed by atoms with Gasteiger partial charge in [0.25, 0.3) is 0 Å². The molecule has 6 heteroatoms. The molecule has 0 fully saturated rings. The number of alkyl halides is 4. The standard InChI is InChI=1S/C9H12F4O2/c1-2-15-6-4-8(14)9(12,13)7(11)3-5-10/h4,6-7H,2-3,5H2,1H3/b6-4+. The molecule has 0 spiro atoms. The molecule has 0 bridgehead atoms. The molecule has 88 valence electrons. The maximum absolute atomic E-state index is 12.8. The van der Waals surface area contributed by atoms with Crippen molar-refractivity contribution in [1.29, 1.82) is 0 Å². The minimum absolute atomic E-state index is 0.207.